The molecule has 0 spiro atoms. The monoisotopic (exact) mass is 668 g/mol. The van der Waals surface area contributed by atoms with Crippen LogP contribution in [0.25, 0.3) is 10.8 Å². The molecule has 6 rings (SSSR count). The van der Waals surface area contributed by atoms with Crippen molar-refractivity contribution in [3.63, 3.8) is 0 Å². The van der Waals surface area contributed by atoms with Crippen molar-refractivity contribution >= 4 is 28.7 Å². The first-order chi connectivity index (χ1) is 23.5. The molecular formula is C36H32N2O11. The Hall–Kier alpha value is -6.17. The van der Waals surface area contributed by atoms with Crippen LogP contribution in [0.5, 0.6) is 0 Å². The second kappa shape index (κ2) is 18.2. The van der Waals surface area contributed by atoms with E-state index in [9.17, 15) is 29.4 Å². The van der Waals surface area contributed by atoms with E-state index in [4.69, 9.17) is 30.4 Å². The molecule has 1 aromatic heterocycles. The molecule has 0 bridgehead atoms. The van der Waals surface area contributed by atoms with Crippen LogP contribution in [0.3, 0.4) is 0 Å². The Morgan fingerprint density at radius 3 is 1.49 bits per heavy atom. The van der Waals surface area contributed by atoms with Gasteiger partial charge in [-0.1, -0.05) is 60.7 Å². The highest BCUT2D eigenvalue weighted by molar-refractivity contribution is 5.88. The van der Waals surface area contributed by atoms with E-state index in [1.54, 1.807) is 109 Å². The van der Waals surface area contributed by atoms with Gasteiger partial charge in [0.25, 0.3) is 5.56 Å². The van der Waals surface area contributed by atoms with Gasteiger partial charge in [0.15, 0.2) is 6.23 Å². The van der Waals surface area contributed by atoms with Crippen molar-refractivity contribution in [3.05, 3.63) is 154 Å². The minimum absolute atomic E-state index is 0.319. The van der Waals surface area contributed by atoms with Crippen molar-refractivity contribution in [1.29, 1.82) is 5.26 Å². The fourth-order valence-corrected chi connectivity index (χ4v) is 4.38. The predicted molar refractivity (Wildman–Crippen MR) is 176 cm³/mol. The number of aromatic carboxylic acids is 3. The Kier molecular flexibility index (Phi) is 13.9. The van der Waals surface area contributed by atoms with Gasteiger partial charge in [0.1, 0.15) is 18.3 Å². The maximum atomic E-state index is 12.5. The summed E-state index contributed by atoms with van der Waals surface area (Å²) >= 11 is 0. The number of nitrogens with zero attached hydrogens (tertiary/aromatic N) is 2. The molecule has 1 saturated heterocycles. The maximum absolute atomic E-state index is 12.5. The van der Waals surface area contributed by atoms with Crippen molar-refractivity contribution in [2.24, 2.45) is 0 Å². The number of benzene rings is 4. The Morgan fingerprint density at radius 1 is 0.694 bits per heavy atom. The van der Waals surface area contributed by atoms with E-state index >= 15 is 0 Å². The summed E-state index contributed by atoms with van der Waals surface area (Å²) in [5.41, 5.74) is 0.903. The van der Waals surface area contributed by atoms with E-state index in [0.717, 1.165) is 4.57 Å². The van der Waals surface area contributed by atoms with Crippen LogP contribution in [0.2, 0.25) is 0 Å². The highest BCUT2D eigenvalue weighted by atomic mass is 16.6. The van der Waals surface area contributed by atoms with Gasteiger partial charge in [0, 0.05) is 11.6 Å². The van der Waals surface area contributed by atoms with Crippen molar-refractivity contribution in [1.82, 2.24) is 4.57 Å². The molecule has 1 aliphatic heterocycles. The molecule has 2 heterocycles. The number of aromatic nitrogens is 1. The molecule has 0 unspecified atom stereocenters. The molecule has 6 N–H and O–H groups in total. The van der Waals surface area contributed by atoms with Crippen LogP contribution < -0.4 is 5.56 Å². The summed E-state index contributed by atoms with van der Waals surface area (Å²) in [6, 6.07) is 33.3. The average Bonchev–Trinajstić information content (AvgIpc) is 3.42. The van der Waals surface area contributed by atoms with Crippen LogP contribution >= 0.6 is 0 Å². The molecule has 5 aromatic rings. The van der Waals surface area contributed by atoms with Crippen LogP contribution in [0.4, 0.5) is 0 Å². The van der Waals surface area contributed by atoms with Gasteiger partial charge in [-0.15, -0.1) is 0 Å². The zero-order valence-corrected chi connectivity index (χ0v) is 25.7. The number of fused-ring (bicyclic) bond motifs is 1. The zero-order valence-electron chi connectivity index (χ0n) is 25.7. The number of carboxylic acids is 3. The first-order valence-corrected chi connectivity index (χ1v) is 14.5. The minimum Gasteiger partial charge on any atom is -0.478 e. The predicted octanol–water partition coefficient (Wildman–Crippen LogP) is 3.64. The van der Waals surface area contributed by atoms with Crippen molar-refractivity contribution in [2.45, 2.75) is 24.5 Å². The molecule has 13 nitrogen and oxygen atoms in total. The van der Waals surface area contributed by atoms with Gasteiger partial charge in [-0.3, -0.25) is 9.36 Å². The lowest BCUT2D eigenvalue weighted by atomic mass is 10.1. The fraction of sp³-hybridized carbons (Fsp3) is 0.139. The summed E-state index contributed by atoms with van der Waals surface area (Å²) in [5, 5.41) is 64.0. The number of aliphatic hydroxyl groups excluding tert-OH is 3. The van der Waals surface area contributed by atoms with Crippen LogP contribution in [-0.2, 0) is 4.74 Å². The molecule has 0 amide bonds. The first-order valence-electron chi connectivity index (χ1n) is 14.5. The molecule has 13 heteroatoms. The maximum Gasteiger partial charge on any atom is 0.335 e. The van der Waals surface area contributed by atoms with Crippen LogP contribution in [-0.4, -0.2) is 78.0 Å². The molecule has 49 heavy (non-hydrogen) atoms. The van der Waals surface area contributed by atoms with Crippen LogP contribution in [0, 0.1) is 11.3 Å². The van der Waals surface area contributed by atoms with E-state index in [1.165, 1.54) is 12.3 Å². The molecule has 1 aliphatic rings. The van der Waals surface area contributed by atoms with Gasteiger partial charge in [0.05, 0.1) is 34.9 Å². The van der Waals surface area contributed by atoms with E-state index in [0.29, 0.717) is 33.0 Å². The van der Waals surface area contributed by atoms with Crippen molar-refractivity contribution < 1.29 is 49.8 Å². The largest absolute Gasteiger partial charge is 0.478 e. The topological polar surface area (TPSA) is 228 Å². The summed E-state index contributed by atoms with van der Waals surface area (Å²) in [6.07, 6.45) is -3.19. The van der Waals surface area contributed by atoms with Crippen LogP contribution in [0.15, 0.2) is 126 Å². The van der Waals surface area contributed by atoms with Gasteiger partial charge in [-0.05, 0) is 60.0 Å². The number of aliphatic hydroxyl groups is 3. The molecular weight excluding hydrogens is 636 g/mol. The number of ether oxygens (including phenoxy) is 1. The Morgan fingerprint density at radius 2 is 1.14 bits per heavy atom. The Bertz CT molecular complexity index is 1830. The van der Waals surface area contributed by atoms with Gasteiger partial charge in [-0.2, -0.15) is 5.26 Å². The number of nitriles is 1. The quantitative estimate of drug-likeness (QED) is 0.158. The second-order valence-corrected chi connectivity index (χ2v) is 10.2. The highest BCUT2D eigenvalue weighted by Gasteiger charge is 2.43. The zero-order chi connectivity index (χ0) is 35.9. The number of pyridine rings is 1. The van der Waals surface area contributed by atoms with Gasteiger partial charge in [-0.25, -0.2) is 14.4 Å². The number of rotatable bonds is 5. The summed E-state index contributed by atoms with van der Waals surface area (Å²) in [4.78, 5) is 43.2. The van der Waals surface area contributed by atoms with E-state index in [2.05, 4.69) is 0 Å². The van der Waals surface area contributed by atoms with Crippen molar-refractivity contribution in [3.8, 4) is 6.07 Å². The van der Waals surface area contributed by atoms with E-state index in [1.807, 2.05) is 6.07 Å². The summed E-state index contributed by atoms with van der Waals surface area (Å²) in [5.74, 6) is -2.64. The second-order valence-electron chi connectivity index (χ2n) is 10.2. The molecule has 0 radical (unpaired) electrons. The lowest BCUT2D eigenvalue weighted by Gasteiger charge is -2.18. The molecule has 4 aromatic carbocycles. The molecule has 4 atom stereocenters. The molecule has 252 valence electrons. The smallest absolute Gasteiger partial charge is 0.335 e. The third-order valence-corrected chi connectivity index (χ3v) is 6.92. The number of hydrogen-bond acceptors (Lipinski definition) is 9. The van der Waals surface area contributed by atoms with E-state index in [-0.39, 0.29) is 0 Å². The Labute approximate surface area is 279 Å². The third-order valence-electron chi connectivity index (χ3n) is 6.92. The molecule has 0 saturated carbocycles. The average molecular weight is 669 g/mol. The number of carbonyl (C=O) groups is 3. The fourth-order valence-electron chi connectivity index (χ4n) is 4.38. The Balaban J connectivity index is 0.000000199. The SMILES string of the molecule is N#Cc1ccc2ccn([C@@H]3O[C@H](CO)[C@@H](O)[C@H]3O)c(=O)c2c1.O=C(O)c1ccccc1.O=C(O)c1ccccc1.O=C(O)c1ccccc1. The summed E-state index contributed by atoms with van der Waals surface area (Å²) in [7, 11) is 0. The lowest BCUT2D eigenvalue weighted by molar-refractivity contribution is -0.0541. The van der Waals surface area contributed by atoms with E-state index < -0.39 is 54.6 Å². The minimum atomic E-state index is -1.33. The highest BCUT2D eigenvalue weighted by Crippen LogP contribution is 2.28. The van der Waals surface area contributed by atoms with Gasteiger partial charge < -0.3 is 35.4 Å². The normalized spacial score (nSPS) is 17.4. The van der Waals surface area contributed by atoms with Crippen LogP contribution in [0.1, 0.15) is 42.9 Å². The van der Waals surface area contributed by atoms with Gasteiger partial charge >= 0.3 is 17.9 Å². The first kappa shape index (κ1) is 37.3. The number of hydrogen-bond donors (Lipinski definition) is 6. The molecule has 0 aliphatic carbocycles. The van der Waals surface area contributed by atoms with Gasteiger partial charge in [0.2, 0.25) is 0 Å². The lowest BCUT2D eigenvalue weighted by Crippen LogP contribution is -2.35. The summed E-state index contributed by atoms with van der Waals surface area (Å²) < 4.78 is 6.52. The van der Waals surface area contributed by atoms with Crippen molar-refractivity contribution in [2.75, 3.05) is 6.61 Å². The third kappa shape index (κ3) is 10.4. The molecule has 1 fully saturated rings. The number of carboxylic acid groups (broad SMARTS) is 3. The summed E-state index contributed by atoms with van der Waals surface area (Å²) in [6.45, 7) is -0.463. The standard InChI is InChI=1S/C15H14N2O5.3C7H6O2/c16-6-8-1-2-9-3-4-17(14(21)10(9)5-8)15-13(20)12(19)11(7-18)22-15;3*8-7(9)6-4-2-1-3-5-6/h1-5,11-13,15,18-20H,7H2;3*1-5H,(H,8,9)/t11-,12-,13-,15-;;;/m1.../s1.